The van der Waals surface area contributed by atoms with Gasteiger partial charge in [-0.15, -0.1) is 0 Å². The van der Waals surface area contributed by atoms with E-state index in [1.54, 1.807) is 12.1 Å². The normalized spacial score (nSPS) is 9.40. The van der Waals surface area contributed by atoms with E-state index in [4.69, 9.17) is 0 Å². The highest BCUT2D eigenvalue weighted by molar-refractivity contribution is 9.10. The third kappa shape index (κ3) is 1.24. The number of carbonyl (C=O) groups is 1. The Morgan fingerprint density at radius 1 is 1.50 bits per heavy atom. The van der Waals surface area contributed by atoms with Gasteiger partial charge in [0.25, 0.3) is 0 Å². The monoisotopic (exact) mass is 208 g/mol. The van der Waals surface area contributed by atoms with Crippen LogP contribution in [0.5, 0.6) is 0 Å². The third-order valence-corrected chi connectivity index (χ3v) is 1.72. The van der Waals surface area contributed by atoms with Gasteiger partial charge in [0.2, 0.25) is 0 Å². The quantitative estimate of drug-likeness (QED) is 0.649. The van der Waals surface area contributed by atoms with Crippen molar-refractivity contribution in [1.29, 1.82) is 0 Å². The average Bonchev–Trinajstić information content (AvgIpc) is 1.95. The molecule has 3 heteroatoms. The fourth-order valence-electron chi connectivity index (χ4n) is 0.611. The summed E-state index contributed by atoms with van der Waals surface area (Å²) in [7, 11) is 0. The Morgan fingerprint density at radius 2 is 2.20 bits per heavy atom. The highest BCUT2D eigenvalue weighted by atomic mass is 79.9. The Hall–Kier alpha value is -0.700. The molecule has 0 aliphatic rings. The lowest BCUT2D eigenvalue weighted by Gasteiger charge is -1.94. The number of hydrogen-bond acceptors (Lipinski definition) is 1. The molecule has 10 heavy (non-hydrogen) atoms. The van der Waals surface area contributed by atoms with E-state index in [2.05, 4.69) is 15.9 Å². The summed E-state index contributed by atoms with van der Waals surface area (Å²) >= 11 is 2.95. The molecule has 0 saturated heterocycles. The van der Waals surface area contributed by atoms with Gasteiger partial charge in [-0.3, -0.25) is 4.79 Å². The molecule has 0 aliphatic carbocycles. The Morgan fingerprint density at radius 3 is 2.70 bits per heavy atom. The molecule has 1 nitrogen and oxygen atoms in total. The molecule has 1 aromatic carbocycles. The summed E-state index contributed by atoms with van der Waals surface area (Å²) in [6.07, 6.45) is 0.486. The number of aldehydes is 1. The topological polar surface area (TPSA) is 17.1 Å². The summed E-state index contributed by atoms with van der Waals surface area (Å²) in [5.74, 6) is -0.502. The number of rotatable bonds is 1. The first kappa shape index (κ1) is 7.41. The largest absolute Gasteiger partial charge is 0.298 e. The van der Waals surface area contributed by atoms with Crippen LogP contribution >= 0.6 is 15.9 Å². The molecule has 0 fully saturated rings. The summed E-state index contributed by atoms with van der Waals surface area (Å²) in [4.78, 5) is 10.1. The average molecular weight is 209 g/mol. The predicted molar refractivity (Wildman–Crippen MR) is 39.5 cm³/mol. The number of hydrogen-bond donors (Lipinski definition) is 0. The molecule has 0 radical (unpaired) electrons. The van der Waals surface area contributed by atoms with Crippen LogP contribution in [0.25, 0.3) is 0 Å². The van der Waals surface area contributed by atoms with Crippen molar-refractivity contribution in [2.45, 2.75) is 0 Å². The summed E-state index contributed by atoms with van der Waals surface area (Å²) in [5, 5.41) is 0. The van der Waals surface area contributed by atoms with E-state index in [-0.39, 0.29) is 5.56 Å². The van der Waals surface area contributed by atoms with Crippen molar-refractivity contribution < 1.29 is 9.18 Å². The molecule has 1 rings (SSSR count). The lowest BCUT2D eigenvalue weighted by molar-refractivity contribution is 0.111. The maximum Gasteiger partial charge on any atom is 0.153 e. The van der Waals surface area contributed by atoms with E-state index < -0.39 is 5.82 Å². The Balaban J connectivity index is 3.27. The maximum absolute atomic E-state index is 12.7. The van der Waals surface area contributed by atoms with E-state index in [1.807, 2.05) is 0 Å². The van der Waals surface area contributed by atoms with Crippen molar-refractivity contribution in [3.05, 3.63) is 34.1 Å². The minimum absolute atomic E-state index is 0.0781. The molecule has 0 amide bonds. The van der Waals surface area contributed by atoms with Gasteiger partial charge in [0.05, 0.1) is 10.0 Å². The van der Waals surface area contributed by atoms with Crippen LogP contribution in [0.2, 0.25) is 0 Å². The molecule has 0 unspecified atom stereocenters. The van der Waals surface area contributed by atoms with Crippen molar-refractivity contribution in [1.82, 2.24) is 0 Å². The fraction of sp³-hybridized carbons (Fsp3) is 0. The molecule has 0 heterocycles. The minimum Gasteiger partial charge on any atom is -0.298 e. The second-order valence-corrected chi connectivity index (χ2v) is 2.62. The van der Waals surface area contributed by atoms with Crippen molar-refractivity contribution >= 4 is 22.2 Å². The van der Waals surface area contributed by atoms with Crippen LogP contribution in [0.1, 0.15) is 10.4 Å². The Labute approximate surface area is 66.0 Å². The van der Waals surface area contributed by atoms with Crippen LogP contribution in [0.4, 0.5) is 4.39 Å². The SMILES string of the molecule is O=C[13c]1[13cH][13cH][13cH][13c](Br)[13c]1F. The zero-order chi connectivity index (χ0) is 7.56. The molecule has 1 aromatic rings. The van der Waals surface area contributed by atoms with Crippen LogP contribution in [-0.4, -0.2) is 6.29 Å². The van der Waals surface area contributed by atoms with Gasteiger partial charge < -0.3 is 0 Å². The molecular weight excluding hydrogens is 205 g/mol. The zero-order valence-corrected chi connectivity index (χ0v) is 6.56. The van der Waals surface area contributed by atoms with Gasteiger partial charge in [0.15, 0.2) is 6.29 Å². The van der Waals surface area contributed by atoms with Gasteiger partial charge in [0, 0.05) is 0 Å². The molecule has 0 N–H and O–H groups in total. The molecule has 0 bridgehead atoms. The van der Waals surface area contributed by atoms with E-state index in [1.165, 1.54) is 6.07 Å². The van der Waals surface area contributed by atoms with Gasteiger partial charge >= 0.3 is 0 Å². The fourth-order valence-corrected chi connectivity index (χ4v) is 0.993. The molecule has 0 aromatic heterocycles. The molecule has 0 saturated carbocycles. The van der Waals surface area contributed by atoms with Gasteiger partial charge in [-0.25, -0.2) is 4.39 Å². The van der Waals surface area contributed by atoms with Gasteiger partial charge in [-0.1, -0.05) is 6.07 Å². The predicted octanol–water partition coefficient (Wildman–Crippen LogP) is 2.40. The first-order valence-electron chi connectivity index (χ1n) is 2.65. The van der Waals surface area contributed by atoms with Crippen molar-refractivity contribution in [3.63, 3.8) is 0 Å². The van der Waals surface area contributed by atoms with E-state index in [9.17, 15) is 9.18 Å². The Bertz CT molecular complexity index is 260. The number of carbonyl (C=O) groups excluding carboxylic acids is 1. The van der Waals surface area contributed by atoms with Crippen LogP contribution in [0, 0.1) is 5.82 Å². The highest BCUT2D eigenvalue weighted by Gasteiger charge is 2.02. The first-order valence-corrected chi connectivity index (χ1v) is 3.44. The molecule has 0 aliphatic heterocycles. The number of benzene rings is 1. The standard InChI is InChI=1S/C7H4BrFO/c8-6-3-1-2-5(4-10)7(6)9/h1-4H/i1+1,2+1,3+1,5+1,6+1,7+1. The summed E-state index contributed by atoms with van der Waals surface area (Å²) < 4.78 is 13.0. The molecular formula is C7H4BrFO. The van der Waals surface area contributed by atoms with Gasteiger partial charge in [-0.05, 0) is 28.1 Å². The Kier molecular flexibility index (Phi) is 2.17. The van der Waals surface area contributed by atoms with Gasteiger partial charge in [-0.2, -0.15) is 0 Å². The van der Waals surface area contributed by atoms with Gasteiger partial charge in [0.1, 0.15) is 5.82 Å². The second-order valence-electron chi connectivity index (χ2n) is 1.76. The minimum atomic E-state index is -0.502. The molecule has 52 valence electrons. The van der Waals surface area contributed by atoms with Crippen LogP contribution in [0.15, 0.2) is 22.7 Å². The zero-order valence-electron chi connectivity index (χ0n) is 4.97. The summed E-state index contributed by atoms with van der Waals surface area (Å²) in [6, 6.07) is 4.58. The van der Waals surface area contributed by atoms with Crippen molar-refractivity contribution in [3.8, 4) is 0 Å². The number of halogens is 2. The highest BCUT2D eigenvalue weighted by Crippen LogP contribution is 2.16. The second kappa shape index (κ2) is 2.92. The maximum atomic E-state index is 12.7. The molecule has 0 atom stereocenters. The van der Waals surface area contributed by atoms with Crippen molar-refractivity contribution in [2.75, 3.05) is 0 Å². The first-order chi connectivity index (χ1) is 4.75. The van der Waals surface area contributed by atoms with E-state index >= 15 is 0 Å². The van der Waals surface area contributed by atoms with Crippen LogP contribution in [-0.2, 0) is 0 Å². The summed E-state index contributed by atoms with van der Waals surface area (Å²) in [5.41, 5.74) is 0.0781. The molecule has 0 spiro atoms. The smallest absolute Gasteiger partial charge is 0.153 e. The lowest BCUT2D eigenvalue weighted by atomic mass is 11.0. The van der Waals surface area contributed by atoms with Crippen LogP contribution in [0.3, 0.4) is 0 Å². The third-order valence-electron chi connectivity index (χ3n) is 1.11. The lowest BCUT2D eigenvalue weighted by Crippen LogP contribution is -1.86. The van der Waals surface area contributed by atoms with Crippen LogP contribution < -0.4 is 0 Å². The summed E-state index contributed by atoms with van der Waals surface area (Å²) in [6.45, 7) is 0. The van der Waals surface area contributed by atoms with E-state index in [0.29, 0.717) is 10.8 Å². The van der Waals surface area contributed by atoms with E-state index in [0.717, 1.165) is 0 Å². The van der Waals surface area contributed by atoms with Crippen molar-refractivity contribution in [2.24, 2.45) is 0 Å².